The van der Waals surface area contributed by atoms with Gasteiger partial charge in [-0.3, -0.25) is 14.4 Å². The Morgan fingerprint density at radius 2 is 0.603 bits per heavy atom. The predicted molar refractivity (Wildman–Crippen MR) is 293 cm³/mol. The molecule has 0 aliphatic rings. The first-order valence-electron chi connectivity index (χ1n) is 28.6. The summed E-state index contributed by atoms with van der Waals surface area (Å²) >= 11 is 0. The van der Waals surface area contributed by atoms with Crippen LogP contribution < -0.4 is 0 Å². The van der Waals surface area contributed by atoms with E-state index in [1.165, 1.54) is 135 Å². The van der Waals surface area contributed by atoms with Gasteiger partial charge in [-0.15, -0.1) is 0 Å². The largest absolute Gasteiger partial charge is 0.462 e. The first-order chi connectivity index (χ1) is 33.5. The molecule has 0 radical (unpaired) electrons. The van der Waals surface area contributed by atoms with Gasteiger partial charge < -0.3 is 14.2 Å². The maximum Gasteiger partial charge on any atom is 0.306 e. The number of unbranched alkanes of at least 4 members (excludes halogenated alkanes) is 26. The Kier molecular flexibility index (Phi) is 53.4. The first-order valence-corrected chi connectivity index (χ1v) is 28.6. The third-order valence-corrected chi connectivity index (χ3v) is 12.1. The molecule has 1 unspecified atom stereocenters. The van der Waals surface area contributed by atoms with Gasteiger partial charge in [0, 0.05) is 19.3 Å². The molecule has 68 heavy (non-hydrogen) atoms. The van der Waals surface area contributed by atoms with Crippen LogP contribution in [-0.2, 0) is 28.6 Å². The van der Waals surface area contributed by atoms with Gasteiger partial charge in [-0.1, -0.05) is 254 Å². The van der Waals surface area contributed by atoms with E-state index in [1.807, 2.05) is 6.08 Å². The Balaban J connectivity index is 4.46. The number of rotatable bonds is 51. The number of hydrogen-bond acceptors (Lipinski definition) is 6. The normalized spacial score (nSPS) is 12.7. The van der Waals surface area contributed by atoms with Crippen LogP contribution in [0.4, 0.5) is 0 Å². The fraction of sp³-hybridized carbons (Fsp3) is 0.726. The zero-order valence-corrected chi connectivity index (χ0v) is 44.6. The number of esters is 3. The molecular weight excluding hydrogens is 841 g/mol. The molecule has 0 bridgehead atoms. The van der Waals surface area contributed by atoms with E-state index in [0.717, 1.165) is 89.9 Å². The van der Waals surface area contributed by atoms with E-state index in [9.17, 15) is 14.4 Å². The first kappa shape index (κ1) is 64.6. The predicted octanol–water partition coefficient (Wildman–Crippen LogP) is 19.2. The fourth-order valence-electron chi connectivity index (χ4n) is 7.88. The quantitative estimate of drug-likeness (QED) is 0.0262. The van der Waals surface area contributed by atoms with Crippen LogP contribution in [0.5, 0.6) is 0 Å². The second kappa shape index (κ2) is 56.2. The maximum absolute atomic E-state index is 12.9. The minimum absolute atomic E-state index is 0.109. The average molecular weight is 948 g/mol. The van der Waals surface area contributed by atoms with Crippen LogP contribution in [0.2, 0.25) is 0 Å². The van der Waals surface area contributed by atoms with Crippen LogP contribution in [0.15, 0.2) is 85.1 Å². The second-order valence-corrected chi connectivity index (χ2v) is 18.8. The molecule has 1 atom stereocenters. The van der Waals surface area contributed by atoms with Gasteiger partial charge in [-0.05, 0) is 83.5 Å². The number of carbonyl (C=O) groups excluding carboxylic acids is 3. The van der Waals surface area contributed by atoms with Crippen molar-refractivity contribution >= 4 is 17.9 Å². The molecule has 0 fully saturated rings. The summed E-state index contributed by atoms with van der Waals surface area (Å²) in [7, 11) is 0. The van der Waals surface area contributed by atoms with Crippen molar-refractivity contribution in [3.63, 3.8) is 0 Å². The lowest BCUT2D eigenvalue weighted by Crippen LogP contribution is -2.30. The molecule has 0 aromatic carbocycles. The van der Waals surface area contributed by atoms with E-state index in [2.05, 4.69) is 99.8 Å². The van der Waals surface area contributed by atoms with Crippen molar-refractivity contribution in [2.75, 3.05) is 13.2 Å². The summed E-state index contributed by atoms with van der Waals surface area (Å²) in [6, 6.07) is 0. The molecule has 390 valence electrons. The lowest BCUT2D eigenvalue weighted by molar-refractivity contribution is -0.166. The summed E-state index contributed by atoms with van der Waals surface area (Å²) < 4.78 is 16.8. The topological polar surface area (TPSA) is 78.9 Å². The summed E-state index contributed by atoms with van der Waals surface area (Å²) in [5.41, 5.74) is 0. The van der Waals surface area contributed by atoms with Crippen molar-refractivity contribution in [1.82, 2.24) is 0 Å². The monoisotopic (exact) mass is 947 g/mol. The van der Waals surface area contributed by atoms with Crippen LogP contribution in [-0.4, -0.2) is 37.2 Å². The van der Waals surface area contributed by atoms with E-state index in [-0.39, 0.29) is 37.5 Å². The third kappa shape index (κ3) is 53.5. The standard InChI is InChI=1S/C62H106O6/c1-4-7-10-13-16-19-22-25-27-29-31-33-34-37-40-43-46-49-52-55-61(64)67-58-59(57-66-60(63)54-51-48-45-42-39-36-24-21-18-15-12-9-6-3)68-62(65)56-53-50-47-44-41-38-35-32-30-28-26-23-20-17-14-11-8-5-2/h7,10,16,19,25,27,31,33,36-37,39-40,45,48,59H,4-6,8-9,11-15,17-18,20-24,26,28-30,32,34-35,38,41-44,46-47,49-58H2,1-3H3/b10-7-,19-16-,27-25-,33-31-,39-36-,40-37-,48-45-. The fourth-order valence-corrected chi connectivity index (χ4v) is 7.88. The van der Waals surface area contributed by atoms with Crippen molar-refractivity contribution in [2.24, 2.45) is 0 Å². The molecule has 0 heterocycles. The minimum atomic E-state index is -0.811. The lowest BCUT2D eigenvalue weighted by atomic mass is 10.0. The van der Waals surface area contributed by atoms with Crippen LogP contribution in [0.1, 0.15) is 271 Å². The average Bonchev–Trinajstić information content (AvgIpc) is 3.34. The van der Waals surface area contributed by atoms with Crippen molar-refractivity contribution in [1.29, 1.82) is 0 Å². The highest BCUT2D eigenvalue weighted by Gasteiger charge is 2.19. The summed E-state index contributed by atoms with van der Waals surface area (Å²) in [4.78, 5) is 38.1. The van der Waals surface area contributed by atoms with Crippen molar-refractivity contribution in [2.45, 2.75) is 277 Å². The summed E-state index contributed by atoms with van der Waals surface area (Å²) in [6.07, 6.45) is 73.0. The second-order valence-electron chi connectivity index (χ2n) is 18.8. The molecule has 0 aliphatic carbocycles. The molecule has 0 rings (SSSR count). The summed E-state index contributed by atoms with van der Waals surface area (Å²) in [6.45, 7) is 6.46. The molecule has 0 saturated carbocycles. The lowest BCUT2D eigenvalue weighted by Gasteiger charge is -2.18. The van der Waals surface area contributed by atoms with Gasteiger partial charge >= 0.3 is 17.9 Å². The van der Waals surface area contributed by atoms with Crippen LogP contribution in [0.25, 0.3) is 0 Å². The zero-order chi connectivity index (χ0) is 49.3. The Bertz CT molecular complexity index is 1320. The molecule has 0 saturated heterocycles. The van der Waals surface area contributed by atoms with Gasteiger partial charge in [0.25, 0.3) is 0 Å². The van der Waals surface area contributed by atoms with E-state index < -0.39 is 6.10 Å². The highest BCUT2D eigenvalue weighted by molar-refractivity contribution is 5.71. The van der Waals surface area contributed by atoms with E-state index in [1.54, 1.807) is 0 Å². The molecule has 0 aliphatic heterocycles. The molecule has 6 heteroatoms. The van der Waals surface area contributed by atoms with E-state index >= 15 is 0 Å². The highest BCUT2D eigenvalue weighted by Crippen LogP contribution is 2.16. The maximum atomic E-state index is 12.9. The Labute approximate surface area is 420 Å². The third-order valence-electron chi connectivity index (χ3n) is 12.1. The number of hydrogen-bond donors (Lipinski definition) is 0. The summed E-state index contributed by atoms with van der Waals surface area (Å²) in [5.74, 6) is -1.00. The molecular formula is C62H106O6. The number of carbonyl (C=O) groups is 3. The molecule has 0 aromatic heterocycles. The summed E-state index contributed by atoms with van der Waals surface area (Å²) in [5, 5.41) is 0. The van der Waals surface area contributed by atoms with Crippen LogP contribution in [0, 0.1) is 0 Å². The van der Waals surface area contributed by atoms with Gasteiger partial charge in [0.15, 0.2) is 6.10 Å². The molecule has 0 spiro atoms. The Morgan fingerprint density at radius 1 is 0.309 bits per heavy atom. The van der Waals surface area contributed by atoms with Gasteiger partial charge in [0.1, 0.15) is 13.2 Å². The molecule has 0 aromatic rings. The Hall–Kier alpha value is -3.41. The van der Waals surface area contributed by atoms with Gasteiger partial charge in [0.2, 0.25) is 0 Å². The SMILES string of the molecule is CC/C=C\C/C=C\C/C=C\C/C=C\C/C=C\CCCCCC(=O)OCC(COC(=O)CC/C=C\C/C=C\CCCCCCCC)OC(=O)CCCCCCCCCCCCCCCCCCCC. The zero-order valence-electron chi connectivity index (χ0n) is 44.6. The molecule has 6 nitrogen and oxygen atoms in total. The van der Waals surface area contributed by atoms with Crippen molar-refractivity contribution < 1.29 is 28.6 Å². The smallest absolute Gasteiger partial charge is 0.306 e. The van der Waals surface area contributed by atoms with E-state index in [0.29, 0.717) is 19.3 Å². The van der Waals surface area contributed by atoms with Crippen molar-refractivity contribution in [3.8, 4) is 0 Å². The van der Waals surface area contributed by atoms with Crippen LogP contribution in [0.3, 0.4) is 0 Å². The van der Waals surface area contributed by atoms with Crippen LogP contribution >= 0.6 is 0 Å². The number of ether oxygens (including phenoxy) is 3. The molecule has 0 amide bonds. The van der Waals surface area contributed by atoms with Crippen molar-refractivity contribution in [3.05, 3.63) is 85.1 Å². The highest BCUT2D eigenvalue weighted by atomic mass is 16.6. The van der Waals surface area contributed by atoms with Gasteiger partial charge in [0.05, 0.1) is 0 Å². The number of allylic oxidation sites excluding steroid dienone is 14. The van der Waals surface area contributed by atoms with E-state index in [4.69, 9.17) is 14.2 Å². The molecule has 0 N–H and O–H groups in total. The minimum Gasteiger partial charge on any atom is -0.462 e. The Morgan fingerprint density at radius 3 is 1.00 bits per heavy atom. The van der Waals surface area contributed by atoms with Gasteiger partial charge in [-0.25, -0.2) is 0 Å². The van der Waals surface area contributed by atoms with Gasteiger partial charge in [-0.2, -0.15) is 0 Å².